The van der Waals surface area contributed by atoms with E-state index >= 15 is 0 Å². The molecule has 1 aromatic heterocycles. The number of aromatic nitrogens is 2. The highest BCUT2D eigenvalue weighted by Crippen LogP contribution is 2.20. The molecule has 0 bridgehead atoms. The van der Waals surface area contributed by atoms with Crippen LogP contribution >= 0.6 is 0 Å². The molecule has 0 unspecified atom stereocenters. The number of anilines is 4. The van der Waals surface area contributed by atoms with Gasteiger partial charge in [-0.1, -0.05) is 43.3 Å². The van der Waals surface area contributed by atoms with E-state index in [4.69, 9.17) is 9.90 Å². The molecular formula is C24H30N6O3. The first-order chi connectivity index (χ1) is 15.9. The van der Waals surface area contributed by atoms with E-state index in [1.54, 1.807) is 6.20 Å². The smallest absolute Gasteiger partial charge is 0.290 e. The summed E-state index contributed by atoms with van der Waals surface area (Å²) in [6.45, 7) is 3.03. The molecule has 0 aliphatic rings. The van der Waals surface area contributed by atoms with Crippen molar-refractivity contribution in [3.05, 3.63) is 72.4 Å². The quantitative estimate of drug-likeness (QED) is 0.365. The predicted molar refractivity (Wildman–Crippen MR) is 131 cm³/mol. The summed E-state index contributed by atoms with van der Waals surface area (Å²) in [7, 11) is 3.72. The number of carboxylic acid groups (broad SMARTS) is 1. The highest BCUT2D eigenvalue weighted by atomic mass is 16.3. The highest BCUT2D eigenvalue weighted by Gasteiger charge is 2.07. The number of nitrogens with zero attached hydrogens (tertiary/aromatic N) is 3. The monoisotopic (exact) mass is 450 g/mol. The average Bonchev–Trinajstić information content (AvgIpc) is 2.78. The standard InChI is InChI=1S/C23H28N6O.CH2O2/c1-17(18-8-5-4-6-9-18)15-25-21-12-13-24-23(28-21)27-20-11-7-10-19(14-20)26-22(30)16-29(2)3;2-1-3/h4-14,17H,15-16H2,1-3H3,(H,26,30)(H2,24,25,27,28);1H,(H,2,3)/t17-;/m0./s1. The van der Waals surface area contributed by atoms with Gasteiger partial charge in [0.25, 0.3) is 6.47 Å². The van der Waals surface area contributed by atoms with Crippen molar-refractivity contribution in [3.8, 4) is 0 Å². The van der Waals surface area contributed by atoms with Crippen molar-refractivity contribution < 1.29 is 14.7 Å². The van der Waals surface area contributed by atoms with Crippen LogP contribution in [0.2, 0.25) is 0 Å². The molecule has 2 aromatic carbocycles. The van der Waals surface area contributed by atoms with Crippen molar-refractivity contribution >= 4 is 35.5 Å². The summed E-state index contributed by atoms with van der Waals surface area (Å²) in [5.74, 6) is 1.54. The van der Waals surface area contributed by atoms with Crippen LogP contribution in [-0.2, 0) is 9.59 Å². The Morgan fingerprint density at radius 1 is 1.09 bits per heavy atom. The topological polar surface area (TPSA) is 119 Å². The first-order valence-electron chi connectivity index (χ1n) is 10.4. The molecule has 0 saturated heterocycles. The number of carbonyl (C=O) groups excluding carboxylic acids is 1. The van der Waals surface area contributed by atoms with Crippen LogP contribution in [0.25, 0.3) is 0 Å². The summed E-state index contributed by atoms with van der Waals surface area (Å²) in [5, 5.41) is 16.3. The minimum atomic E-state index is -0.250. The molecule has 0 aliphatic carbocycles. The van der Waals surface area contributed by atoms with E-state index < -0.39 is 0 Å². The van der Waals surface area contributed by atoms with Gasteiger partial charge < -0.3 is 26.0 Å². The summed E-state index contributed by atoms with van der Waals surface area (Å²) < 4.78 is 0. The molecule has 33 heavy (non-hydrogen) atoms. The second-order valence-electron chi connectivity index (χ2n) is 7.56. The van der Waals surface area contributed by atoms with Gasteiger partial charge in [0.1, 0.15) is 5.82 Å². The van der Waals surface area contributed by atoms with Crippen molar-refractivity contribution in [2.24, 2.45) is 0 Å². The van der Waals surface area contributed by atoms with Gasteiger partial charge in [-0.2, -0.15) is 4.98 Å². The minimum absolute atomic E-state index is 0.0628. The maximum absolute atomic E-state index is 12.0. The molecule has 0 radical (unpaired) electrons. The van der Waals surface area contributed by atoms with Crippen molar-refractivity contribution in [2.75, 3.05) is 43.1 Å². The molecule has 1 heterocycles. The summed E-state index contributed by atoms with van der Waals surface area (Å²) in [4.78, 5) is 31.0. The minimum Gasteiger partial charge on any atom is -0.483 e. The molecule has 1 amide bonds. The van der Waals surface area contributed by atoms with E-state index in [2.05, 4.69) is 57.1 Å². The maximum Gasteiger partial charge on any atom is 0.290 e. The molecule has 9 nitrogen and oxygen atoms in total. The Balaban J connectivity index is 0.00000122. The van der Waals surface area contributed by atoms with Gasteiger partial charge in [-0.25, -0.2) is 4.98 Å². The zero-order valence-electron chi connectivity index (χ0n) is 19.0. The summed E-state index contributed by atoms with van der Waals surface area (Å²) in [5.41, 5.74) is 2.80. The number of rotatable bonds is 9. The molecule has 0 aliphatic heterocycles. The fourth-order valence-electron chi connectivity index (χ4n) is 2.97. The predicted octanol–water partition coefficient (Wildman–Crippen LogP) is 3.64. The van der Waals surface area contributed by atoms with Gasteiger partial charge >= 0.3 is 0 Å². The first-order valence-corrected chi connectivity index (χ1v) is 10.4. The fraction of sp³-hybridized carbons (Fsp3) is 0.250. The third-order valence-corrected chi connectivity index (χ3v) is 4.48. The Bertz CT molecular complexity index is 1010. The normalized spacial score (nSPS) is 11.0. The van der Waals surface area contributed by atoms with E-state index in [9.17, 15) is 4.79 Å². The van der Waals surface area contributed by atoms with Gasteiger partial charge in [0, 0.05) is 24.1 Å². The zero-order valence-corrected chi connectivity index (χ0v) is 19.0. The average molecular weight is 451 g/mol. The molecular weight excluding hydrogens is 420 g/mol. The Morgan fingerprint density at radius 3 is 2.48 bits per heavy atom. The number of carbonyl (C=O) groups is 2. The number of hydrogen-bond donors (Lipinski definition) is 4. The summed E-state index contributed by atoms with van der Waals surface area (Å²) in [6, 6.07) is 19.7. The van der Waals surface area contributed by atoms with Crippen molar-refractivity contribution in [1.82, 2.24) is 14.9 Å². The SMILES string of the molecule is C[C@@H](CNc1ccnc(Nc2cccc(NC(=O)CN(C)C)c2)n1)c1ccccc1.O=CO. The van der Waals surface area contributed by atoms with E-state index in [1.807, 2.05) is 55.4 Å². The molecule has 3 rings (SSSR count). The van der Waals surface area contributed by atoms with Crippen LogP contribution in [0, 0.1) is 0 Å². The molecule has 1 atom stereocenters. The third kappa shape index (κ3) is 9.36. The molecule has 174 valence electrons. The zero-order chi connectivity index (χ0) is 24.1. The number of amides is 1. The van der Waals surface area contributed by atoms with Crippen LogP contribution in [0.4, 0.5) is 23.1 Å². The Labute approximate surface area is 193 Å². The Morgan fingerprint density at radius 2 is 1.79 bits per heavy atom. The van der Waals surface area contributed by atoms with Crippen molar-refractivity contribution in [1.29, 1.82) is 0 Å². The van der Waals surface area contributed by atoms with Gasteiger partial charge in [-0.05, 0) is 49.8 Å². The van der Waals surface area contributed by atoms with Gasteiger partial charge in [-0.15, -0.1) is 0 Å². The van der Waals surface area contributed by atoms with E-state index in [-0.39, 0.29) is 12.4 Å². The largest absolute Gasteiger partial charge is 0.483 e. The lowest BCUT2D eigenvalue weighted by atomic mass is 10.0. The summed E-state index contributed by atoms with van der Waals surface area (Å²) >= 11 is 0. The lowest BCUT2D eigenvalue weighted by molar-refractivity contribution is -0.123. The van der Waals surface area contributed by atoms with Crippen molar-refractivity contribution in [3.63, 3.8) is 0 Å². The van der Waals surface area contributed by atoms with Gasteiger partial charge in [-0.3, -0.25) is 9.59 Å². The van der Waals surface area contributed by atoms with E-state index in [1.165, 1.54) is 5.56 Å². The number of likely N-dealkylation sites (N-methyl/N-ethyl adjacent to an activating group) is 1. The van der Waals surface area contributed by atoms with Gasteiger partial charge in [0.05, 0.1) is 6.54 Å². The van der Waals surface area contributed by atoms with E-state index in [0.717, 1.165) is 23.7 Å². The van der Waals surface area contributed by atoms with Crippen LogP contribution < -0.4 is 16.0 Å². The fourth-order valence-corrected chi connectivity index (χ4v) is 2.97. The second kappa shape index (κ2) is 13.4. The number of benzene rings is 2. The Hall–Kier alpha value is -3.98. The van der Waals surface area contributed by atoms with Crippen LogP contribution in [0.1, 0.15) is 18.4 Å². The molecule has 4 N–H and O–H groups in total. The highest BCUT2D eigenvalue weighted by molar-refractivity contribution is 5.92. The van der Waals surface area contributed by atoms with Crippen LogP contribution in [0.3, 0.4) is 0 Å². The van der Waals surface area contributed by atoms with Crippen LogP contribution in [-0.4, -0.2) is 59.5 Å². The maximum atomic E-state index is 12.0. The first kappa shape index (κ1) is 25.3. The third-order valence-electron chi connectivity index (χ3n) is 4.48. The second-order valence-corrected chi connectivity index (χ2v) is 7.56. The molecule has 9 heteroatoms. The lowest BCUT2D eigenvalue weighted by Gasteiger charge is -2.14. The lowest BCUT2D eigenvalue weighted by Crippen LogP contribution is -2.27. The van der Waals surface area contributed by atoms with Crippen LogP contribution in [0.5, 0.6) is 0 Å². The number of nitrogens with one attached hydrogen (secondary N) is 3. The molecule has 0 saturated carbocycles. The van der Waals surface area contributed by atoms with Gasteiger partial charge in [0.2, 0.25) is 11.9 Å². The molecule has 0 fully saturated rings. The molecule has 3 aromatic rings. The summed E-state index contributed by atoms with van der Waals surface area (Å²) in [6.07, 6.45) is 1.72. The van der Waals surface area contributed by atoms with E-state index in [0.29, 0.717) is 18.4 Å². The number of hydrogen-bond acceptors (Lipinski definition) is 7. The van der Waals surface area contributed by atoms with Gasteiger partial charge in [0.15, 0.2) is 0 Å². The van der Waals surface area contributed by atoms with Crippen molar-refractivity contribution in [2.45, 2.75) is 12.8 Å². The molecule has 0 spiro atoms. The Kier molecular flexibility index (Phi) is 10.3. The van der Waals surface area contributed by atoms with Crippen LogP contribution in [0.15, 0.2) is 66.9 Å².